The number of nitrogens with one attached hydrogen (secondary N) is 3. The molecule has 0 aromatic carbocycles. The predicted molar refractivity (Wildman–Crippen MR) is 104 cm³/mol. The third-order valence-corrected chi connectivity index (χ3v) is 3.85. The molecule has 1 atom stereocenters. The summed E-state index contributed by atoms with van der Waals surface area (Å²) < 4.78 is 0. The van der Waals surface area contributed by atoms with Gasteiger partial charge in [-0.05, 0) is 58.9 Å². The van der Waals surface area contributed by atoms with Crippen LogP contribution in [0.25, 0.3) is 0 Å². The van der Waals surface area contributed by atoms with Gasteiger partial charge in [0.15, 0.2) is 0 Å². The van der Waals surface area contributed by atoms with Crippen LogP contribution in [0.4, 0.5) is 0 Å². The average molecular weight is 320 g/mol. The maximum Gasteiger partial charge on any atom is 0.0248 e. The highest BCUT2D eigenvalue weighted by Gasteiger charge is 2.01. The first-order valence-corrected chi connectivity index (χ1v) is 8.77. The van der Waals surface area contributed by atoms with E-state index in [9.17, 15) is 0 Å². The molecule has 0 aromatic heterocycles. The topological polar surface area (TPSA) is 36.1 Å². The fraction of sp³-hybridized carbons (Fsp3) is 0.600. The van der Waals surface area contributed by atoms with Gasteiger partial charge in [-0.25, -0.2) is 0 Å². The van der Waals surface area contributed by atoms with E-state index in [-0.39, 0.29) is 0 Å². The molecule has 0 aliphatic rings. The van der Waals surface area contributed by atoms with Crippen molar-refractivity contribution < 1.29 is 0 Å². The predicted octanol–water partition coefficient (Wildman–Crippen LogP) is 4.27. The second-order valence-corrected chi connectivity index (χ2v) is 6.25. The zero-order valence-corrected chi connectivity index (χ0v) is 15.3. The quantitative estimate of drug-likeness (QED) is 0.294. The van der Waals surface area contributed by atoms with Crippen LogP contribution in [0, 0.1) is 0 Å². The highest BCUT2D eigenvalue weighted by molar-refractivity contribution is 4.96. The fourth-order valence-corrected chi connectivity index (χ4v) is 2.27. The number of rotatable bonds is 16. The molecule has 0 heterocycles. The van der Waals surface area contributed by atoms with Crippen LogP contribution in [0.1, 0.15) is 51.9 Å². The second kappa shape index (κ2) is 14.1. The fourth-order valence-electron chi connectivity index (χ4n) is 2.27. The molecule has 0 saturated carbocycles. The van der Waals surface area contributed by atoms with E-state index in [1.807, 2.05) is 13.1 Å². The van der Waals surface area contributed by atoms with Crippen LogP contribution in [0.2, 0.25) is 0 Å². The lowest BCUT2D eigenvalue weighted by Crippen LogP contribution is -2.24. The first kappa shape index (κ1) is 21.5. The Labute approximate surface area is 144 Å². The van der Waals surface area contributed by atoms with Gasteiger partial charge in [0.05, 0.1) is 0 Å². The molecule has 23 heavy (non-hydrogen) atoms. The second-order valence-electron chi connectivity index (χ2n) is 6.25. The van der Waals surface area contributed by atoms with E-state index in [4.69, 9.17) is 0 Å². The van der Waals surface area contributed by atoms with Crippen molar-refractivity contribution in [1.29, 1.82) is 0 Å². The zero-order valence-electron chi connectivity index (χ0n) is 15.3. The average Bonchev–Trinajstić information content (AvgIpc) is 2.51. The van der Waals surface area contributed by atoms with Gasteiger partial charge < -0.3 is 16.0 Å². The van der Waals surface area contributed by atoms with Crippen molar-refractivity contribution in [3.8, 4) is 0 Å². The number of allylic oxidation sites excluding steroid dienone is 3. The molecule has 3 heteroatoms. The van der Waals surface area contributed by atoms with E-state index in [2.05, 4.69) is 49.2 Å². The molecule has 0 spiro atoms. The summed E-state index contributed by atoms with van der Waals surface area (Å²) in [5, 5.41) is 10.0. The van der Waals surface area contributed by atoms with Crippen LogP contribution in [0.5, 0.6) is 0 Å². The lowest BCUT2D eigenvalue weighted by molar-refractivity contribution is 0.582. The number of hydrogen-bond donors (Lipinski definition) is 3. The SMILES string of the molecule is C=CC(CCC(=C)NCCCCNC(=C)CCCC(=C)C)NC. The normalized spacial score (nSPS) is 11.6. The molecule has 0 amide bonds. The molecular weight excluding hydrogens is 282 g/mol. The maximum atomic E-state index is 4.08. The molecule has 0 aliphatic heterocycles. The van der Waals surface area contributed by atoms with E-state index in [1.54, 1.807) is 0 Å². The molecular formula is C20H37N3. The largest absolute Gasteiger partial charge is 0.389 e. The molecule has 0 bridgehead atoms. The zero-order chi connectivity index (χ0) is 17.5. The molecule has 3 N–H and O–H groups in total. The van der Waals surface area contributed by atoms with Gasteiger partial charge in [-0.15, -0.1) is 13.2 Å². The number of likely N-dealkylation sites (N-methyl/N-ethyl adjacent to an activating group) is 1. The summed E-state index contributed by atoms with van der Waals surface area (Å²) in [6, 6.07) is 0.369. The Bertz CT molecular complexity index is 371. The van der Waals surface area contributed by atoms with Gasteiger partial charge in [-0.1, -0.05) is 24.8 Å². The first-order valence-electron chi connectivity index (χ1n) is 8.77. The Kier molecular flexibility index (Phi) is 13.2. The Morgan fingerprint density at radius 3 is 1.96 bits per heavy atom. The van der Waals surface area contributed by atoms with Crippen LogP contribution in [-0.4, -0.2) is 26.2 Å². The van der Waals surface area contributed by atoms with Gasteiger partial charge in [0, 0.05) is 30.5 Å². The molecule has 0 fully saturated rings. The van der Waals surface area contributed by atoms with E-state index in [0.717, 1.165) is 69.4 Å². The highest BCUT2D eigenvalue weighted by atomic mass is 14.9. The minimum absolute atomic E-state index is 0.369. The van der Waals surface area contributed by atoms with Crippen molar-refractivity contribution in [1.82, 2.24) is 16.0 Å². The summed E-state index contributed by atoms with van der Waals surface area (Å²) in [6.45, 7) is 19.9. The standard InChI is InChI=1S/C20H37N3/c1-7-20(21-6)14-13-19(5)23-16-9-8-15-22-18(4)12-10-11-17(2)3/h7,20-23H,1-2,4-5,8-16H2,3,6H3. The van der Waals surface area contributed by atoms with Crippen molar-refractivity contribution in [2.24, 2.45) is 0 Å². The van der Waals surface area contributed by atoms with Crippen molar-refractivity contribution in [3.63, 3.8) is 0 Å². The van der Waals surface area contributed by atoms with Gasteiger partial charge in [0.2, 0.25) is 0 Å². The van der Waals surface area contributed by atoms with E-state index in [0.29, 0.717) is 6.04 Å². The summed E-state index contributed by atoms with van der Waals surface area (Å²) in [4.78, 5) is 0. The molecule has 0 aromatic rings. The summed E-state index contributed by atoms with van der Waals surface area (Å²) in [5.41, 5.74) is 3.51. The molecule has 0 rings (SSSR count). The number of hydrogen-bond acceptors (Lipinski definition) is 3. The van der Waals surface area contributed by atoms with E-state index in [1.165, 1.54) is 5.57 Å². The smallest absolute Gasteiger partial charge is 0.0248 e. The van der Waals surface area contributed by atoms with Crippen LogP contribution in [0.3, 0.4) is 0 Å². The summed E-state index contributed by atoms with van der Waals surface area (Å²) >= 11 is 0. The van der Waals surface area contributed by atoms with Crippen LogP contribution in [-0.2, 0) is 0 Å². The van der Waals surface area contributed by atoms with E-state index >= 15 is 0 Å². The van der Waals surface area contributed by atoms with Gasteiger partial charge in [-0.3, -0.25) is 0 Å². The maximum absolute atomic E-state index is 4.08. The highest BCUT2D eigenvalue weighted by Crippen LogP contribution is 2.07. The Morgan fingerprint density at radius 1 is 0.913 bits per heavy atom. The van der Waals surface area contributed by atoms with E-state index < -0.39 is 0 Å². The molecule has 0 saturated heterocycles. The molecule has 1 unspecified atom stereocenters. The van der Waals surface area contributed by atoms with Crippen LogP contribution in [0.15, 0.2) is 49.4 Å². The van der Waals surface area contributed by atoms with Gasteiger partial charge in [0.1, 0.15) is 0 Å². The van der Waals surface area contributed by atoms with Gasteiger partial charge >= 0.3 is 0 Å². The molecule has 3 nitrogen and oxygen atoms in total. The van der Waals surface area contributed by atoms with Crippen molar-refractivity contribution in [2.45, 2.75) is 57.9 Å². The van der Waals surface area contributed by atoms with Crippen molar-refractivity contribution in [2.75, 3.05) is 20.1 Å². The number of unbranched alkanes of at least 4 members (excludes halogenated alkanes) is 1. The molecule has 0 radical (unpaired) electrons. The summed E-state index contributed by atoms with van der Waals surface area (Å²) in [6.07, 6.45) is 9.52. The third kappa shape index (κ3) is 13.9. The van der Waals surface area contributed by atoms with Gasteiger partial charge in [0.25, 0.3) is 0 Å². The lowest BCUT2D eigenvalue weighted by atomic mass is 10.1. The van der Waals surface area contributed by atoms with Crippen LogP contribution >= 0.6 is 0 Å². The Hall–Kier alpha value is -1.48. The molecule has 0 aliphatic carbocycles. The first-order chi connectivity index (χ1) is 11.0. The van der Waals surface area contributed by atoms with Crippen molar-refractivity contribution in [3.05, 3.63) is 49.4 Å². The summed E-state index contributed by atoms with van der Waals surface area (Å²) in [7, 11) is 1.96. The minimum atomic E-state index is 0.369. The van der Waals surface area contributed by atoms with Gasteiger partial charge in [-0.2, -0.15) is 0 Å². The monoisotopic (exact) mass is 319 g/mol. The third-order valence-electron chi connectivity index (χ3n) is 3.85. The summed E-state index contributed by atoms with van der Waals surface area (Å²) in [5.74, 6) is 0. The van der Waals surface area contributed by atoms with Crippen molar-refractivity contribution >= 4 is 0 Å². The minimum Gasteiger partial charge on any atom is -0.389 e. The Balaban J connectivity index is 3.47. The Morgan fingerprint density at radius 2 is 1.48 bits per heavy atom. The molecule has 132 valence electrons. The lowest BCUT2D eigenvalue weighted by Gasteiger charge is -2.14. The van der Waals surface area contributed by atoms with Crippen LogP contribution < -0.4 is 16.0 Å².